The number of carboxylic acid groups (broad SMARTS) is 1. The van der Waals surface area contributed by atoms with Crippen molar-refractivity contribution in [3.05, 3.63) is 36.2 Å². The number of hydrogen-bond acceptors (Lipinski definition) is 5. The standard InChI is InChI=1S/C17H19N5O3/c23-15(21-9-12-2-1-3-14(12)16(21)17(24)25)8-11-4-6-13(7-5-11)22-10-18-19-20-22/h4-7,10,12,14,16H,1-3,8-9H2,(H,24,25)/t12-,14-,16-/m0/s1. The molecule has 2 aliphatic rings. The molecule has 1 aromatic heterocycles. The number of carbonyl (C=O) groups excluding carboxylic acids is 1. The minimum Gasteiger partial charge on any atom is -0.480 e. The van der Waals surface area contributed by atoms with Crippen LogP contribution in [-0.4, -0.2) is 54.7 Å². The SMILES string of the molecule is O=C(O)[C@@H]1[C@H]2CCC[C@H]2CN1C(=O)Cc1ccc(-n2cnnn2)cc1. The molecule has 1 aromatic carbocycles. The third kappa shape index (κ3) is 2.88. The first kappa shape index (κ1) is 15.7. The maximum atomic E-state index is 12.7. The molecular weight excluding hydrogens is 322 g/mol. The van der Waals surface area contributed by atoms with Crippen LogP contribution in [0, 0.1) is 11.8 Å². The van der Waals surface area contributed by atoms with Gasteiger partial charge in [-0.15, -0.1) is 5.10 Å². The highest BCUT2D eigenvalue weighted by Gasteiger charge is 2.49. The summed E-state index contributed by atoms with van der Waals surface area (Å²) in [5.41, 5.74) is 1.66. The summed E-state index contributed by atoms with van der Waals surface area (Å²) >= 11 is 0. The summed E-state index contributed by atoms with van der Waals surface area (Å²) in [6.07, 6.45) is 4.71. The van der Waals surface area contributed by atoms with Crippen LogP contribution in [0.4, 0.5) is 0 Å². The second-order valence-electron chi connectivity index (χ2n) is 6.78. The van der Waals surface area contributed by atoms with Crippen molar-refractivity contribution in [3.8, 4) is 5.69 Å². The Labute approximate surface area is 144 Å². The Morgan fingerprint density at radius 2 is 2.00 bits per heavy atom. The number of nitrogens with zero attached hydrogens (tertiary/aromatic N) is 5. The number of amides is 1. The van der Waals surface area contributed by atoms with Crippen molar-refractivity contribution < 1.29 is 14.7 Å². The molecule has 3 atom stereocenters. The van der Waals surface area contributed by atoms with Crippen molar-refractivity contribution in [3.63, 3.8) is 0 Å². The predicted molar refractivity (Wildman–Crippen MR) is 86.8 cm³/mol. The van der Waals surface area contributed by atoms with Gasteiger partial charge in [-0.3, -0.25) is 4.79 Å². The van der Waals surface area contributed by atoms with Gasteiger partial charge in [-0.05, 0) is 52.8 Å². The third-order valence-corrected chi connectivity index (χ3v) is 5.37. The zero-order valence-corrected chi connectivity index (χ0v) is 13.7. The lowest BCUT2D eigenvalue weighted by Gasteiger charge is -2.24. The Balaban J connectivity index is 1.47. The number of likely N-dealkylation sites (tertiary alicyclic amines) is 1. The molecule has 8 nitrogen and oxygen atoms in total. The van der Waals surface area contributed by atoms with Gasteiger partial charge in [0.2, 0.25) is 5.91 Å². The first-order valence-corrected chi connectivity index (χ1v) is 8.48. The molecule has 1 aliphatic carbocycles. The molecule has 0 radical (unpaired) electrons. The minimum atomic E-state index is -0.878. The van der Waals surface area contributed by atoms with Crippen molar-refractivity contribution in [1.82, 2.24) is 25.1 Å². The summed E-state index contributed by atoms with van der Waals surface area (Å²) in [7, 11) is 0. The van der Waals surface area contributed by atoms with E-state index in [-0.39, 0.29) is 18.2 Å². The number of aliphatic carboxylic acids is 1. The van der Waals surface area contributed by atoms with Crippen LogP contribution in [0.5, 0.6) is 0 Å². The summed E-state index contributed by atoms with van der Waals surface area (Å²) in [4.78, 5) is 25.9. The molecule has 2 heterocycles. The Kier molecular flexibility index (Phi) is 3.95. The lowest BCUT2D eigenvalue weighted by molar-refractivity contribution is -0.149. The van der Waals surface area contributed by atoms with E-state index in [0.717, 1.165) is 30.5 Å². The van der Waals surface area contributed by atoms with Gasteiger partial charge in [-0.25, -0.2) is 9.48 Å². The number of rotatable bonds is 4. The van der Waals surface area contributed by atoms with E-state index in [9.17, 15) is 14.7 Å². The second kappa shape index (κ2) is 6.27. The summed E-state index contributed by atoms with van der Waals surface area (Å²) in [6, 6.07) is 6.71. The Hall–Kier alpha value is -2.77. The topological polar surface area (TPSA) is 101 Å². The molecule has 0 bridgehead atoms. The monoisotopic (exact) mass is 341 g/mol. The normalized spacial score (nSPS) is 25.1. The molecule has 25 heavy (non-hydrogen) atoms. The number of carbonyl (C=O) groups is 2. The highest BCUT2D eigenvalue weighted by atomic mass is 16.4. The van der Waals surface area contributed by atoms with E-state index in [2.05, 4.69) is 15.5 Å². The summed E-state index contributed by atoms with van der Waals surface area (Å²) in [6.45, 7) is 0.573. The van der Waals surface area contributed by atoms with E-state index in [0.29, 0.717) is 12.5 Å². The molecule has 1 aliphatic heterocycles. The molecule has 0 unspecified atom stereocenters. The van der Waals surface area contributed by atoms with Gasteiger partial charge >= 0.3 is 5.97 Å². The molecular formula is C17H19N5O3. The Morgan fingerprint density at radius 1 is 1.20 bits per heavy atom. The van der Waals surface area contributed by atoms with Crippen LogP contribution < -0.4 is 0 Å². The molecule has 2 aromatic rings. The molecule has 4 rings (SSSR count). The van der Waals surface area contributed by atoms with Crippen LogP contribution in [0.15, 0.2) is 30.6 Å². The molecule has 1 saturated heterocycles. The molecule has 2 fully saturated rings. The largest absolute Gasteiger partial charge is 0.480 e. The minimum absolute atomic E-state index is 0.114. The van der Waals surface area contributed by atoms with Crippen molar-refractivity contribution in [1.29, 1.82) is 0 Å². The van der Waals surface area contributed by atoms with Gasteiger partial charge in [0, 0.05) is 6.54 Å². The van der Waals surface area contributed by atoms with Crippen LogP contribution >= 0.6 is 0 Å². The number of hydrogen-bond donors (Lipinski definition) is 1. The lowest BCUT2D eigenvalue weighted by Crippen LogP contribution is -2.43. The average Bonchev–Trinajstić information content (AvgIpc) is 3.31. The third-order valence-electron chi connectivity index (χ3n) is 5.37. The van der Waals surface area contributed by atoms with E-state index in [1.807, 2.05) is 24.3 Å². The van der Waals surface area contributed by atoms with E-state index in [4.69, 9.17) is 0 Å². The quantitative estimate of drug-likeness (QED) is 0.887. The second-order valence-corrected chi connectivity index (χ2v) is 6.78. The fourth-order valence-corrected chi connectivity index (χ4v) is 4.20. The summed E-state index contributed by atoms with van der Waals surface area (Å²) in [5, 5.41) is 20.6. The average molecular weight is 341 g/mol. The van der Waals surface area contributed by atoms with Crippen molar-refractivity contribution in [2.75, 3.05) is 6.54 Å². The van der Waals surface area contributed by atoms with Gasteiger partial charge in [0.1, 0.15) is 12.4 Å². The maximum Gasteiger partial charge on any atom is 0.326 e. The van der Waals surface area contributed by atoms with Crippen molar-refractivity contribution >= 4 is 11.9 Å². The first-order valence-electron chi connectivity index (χ1n) is 8.48. The first-order chi connectivity index (χ1) is 12.1. The van der Waals surface area contributed by atoms with E-state index >= 15 is 0 Å². The molecule has 0 spiro atoms. The Bertz CT molecular complexity index is 774. The van der Waals surface area contributed by atoms with Gasteiger partial charge in [-0.1, -0.05) is 18.6 Å². The van der Waals surface area contributed by atoms with Gasteiger partial charge in [0.25, 0.3) is 0 Å². The lowest BCUT2D eigenvalue weighted by atomic mass is 9.94. The molecule has 1 amide bonds. The number of aromatic nitrogens is 4. The van der Waals surface area contributed by atoms with E-state index < -0.39 is 12.0 Å². The van der Waals surface area contributed by atoms with Gasteiger partial charge in [0.05, 0.1) is 12.1 Å². The van der Waals surface area contributed by atoms with Crippen LogP contribution in [0.25, 0.3) is 5.69 Å². The highest BCUT2D eigenvalue weighted by molar-refractivity contribution is 5.86. The molecule has 8 heteroatoms. The maximum absolute atomic E-state index is 12.7. The molecule has 130 valence electrons. The molecule has 1 N–H and O–H groups in total. The Morgan fingerprint density at radius 3 is 2.68 bits per heavy atom. The van der Waals surface area contributed by atoms with Crippen molar-refractivity contribution in [2.45, 2.75) is 31.7 Å². The van der Waals surface area contributed by atoms with Gasteiger partial charge < -0.3 is 10.0 Å². The zero-order valence-electron chi connectivity index (χ0n) is 13.7. The number of benzene rings is 1. The summed E-state index contributed by atoms with van der Waals surface area (Å²) in [5.74, 6) is -0.537. The van der Waals surface area contributed by atoms with Gasteiger partial charge in [0.15, 0.2) is 0 Å². The fraction of sp³-hybridized carbons (Fsp3) is 0.471. The van der Waals surface area contributed by atoms with Crippen LogP contribution in [-0.2, 0) is 16.0 Å². The summed E-state index contributed by atoms with van der Waals surface area (Å²) < 4.78 is 1.54. The number of tetrazole rings is 1. The van der Waals surface area contributed by atoms with Crippen LogP contribution in [0.3, 0.4) is 0 Å². The highest BCUT2D eigenvalue weighted by Crippen LogP contribution is 2.42. The number of carboxylic acids is 1. The molecule has 1 saturated carbocycles. The van der Waals surface area contributed by atoms with Crippen molar-refractivity contribution in [2.24, 2.45) is 11.8 Å². The zero-order chi connectivity index (χ0) is 17.4. The van der Waals surface area contributed by atoms with Gasteiger partial charge in [-0.2, -0.15) is 0 Å². The number of fused-ring (bicyclic) bond motifs is 1. The smallest absolute Gasteiger partial charge is 0.326 e. The predicted octanol–water partition coefficient (Wildman–Crippen LogP) is 0.916. The van der Waals surface area contributed by atoms with Crippen LogP contribution in [0.2, 0.25) is 0 Å². The van der Waals surface area contributed by atoms with E-state index in [1.165, 1.54) is 11.0 Å². The fourth-order valence-electron chi connectivity index (χ4n) is 4.20. The van der Waals surface area contributed by atoms with Crippen LogP contribution in [0.1, 0.15) is 24.8 Å². The van der Waals surface area contributed by atoms with E-state index in [1.54, 1.807) is 4.90 Å².